The smallest absolute Gasteiger partial charge is 0.416 e. The maximum Gasteiger partial charge on any atom is 0.416 e. The number of esters is 1. The van der Waals surface area contributed by atoms with Crippen LogP contribution in [-0.2, 0) is 20.5 Å². The minimum absolute atomic E-state index is 0.0676. The SMILES string of the molecule is CC(=O)OC1=CC(=O)CC(CCSc2ccc(C(F)(F)F)cc2)C1. The van der Waals surface area contributed by atoms with Crippen molar-refractivity contribution in [2.24, 2.45) is 5.92 Å². The maximum atomic E-state index is 12.5. The second-order valence-electron chi connectivity index (χ2n) is 5.60. The highest BCUT2D eigenvalue weighted by Crippen LogP contribution is 2.32. The molecule has 0 saturated heterocycles. The van der Waals surface area contributed by atoms with Crippen LogP contribution in [0.25, 0.3) is 0 Å². The monoisotopic (exact) mass is 358 g/mol. The van der Waals surface area contributed by atoms with Crippen molar-refractivity contribution in [3.63, 3.8) is 0 Å². The minimum atomic E-state index is -4.33. The van der Waals surface area contributed by atoms with E-state index >= 15 is 0 Å². The number of carbonyl (C=O) groups is 2. The number of halogens is 3. The molecule has 24 heavy (non-hydrogen) atoms. The average Bonchev–Trinajstić information content (AvgIpc) is 2.45. The topological polar surface area (TPSA) is 43.4 Å². The fraction of sp³-hybridized carbons (Fsp3) is 0.412. The minimum Gasteiger partial charge on any atom is -0.431 e. The third-order valence-electron chi connectivity index (χ3n) is 3.55. The predicted molar refractivity (Wildman–Crippen MR) is 84.4 cm³/mol. The van der Waals surface area contributed by atoms with Gasteiger partial charge in [0.15, 0.2) is 5.78 Å². The van der Waals surface area contributed by atoms with E-state index in [2.05, 4.69) is 0 Å². The fourth-order valence-electron chi connectivity index (χ4n) is 2.48. The lowest BCUT2D eigenvalue weighted by molar-refractivity contribution is -0.138. The van der Waals surface area contributed by atoms with E-state index in [1.165, 1.54) is 36.9 Å². The van der Waals surface area contributed by atoms with E-state index in [-0.39, 0.29) is 11.7 Å². The van der Waals surface area contributed by atoms with E-state index in [9.17, 15) is 22.8 Å². The van der Waals surface area contributed by atoms with Crippen molar-refractivity contribution in [3.05, 3.63) is 41.7 Å². The quantitative estimate of drug-likeness (QED) is 0.569. The summed E-state index contributed by atoms with van der Waals surface area (Å²) in [6, 6.07) is 5.02. The van der Waals surface area contributed by atoms with Gasteiger partial charge in [0.05, 0.1) is 5.56 Å². The molecule has 0 heterocycles. The molecule has 130 valence electrons. The summed E-state index contributed by atoms with van der Waals surface area (Å²) in [5.41, 5.74) is -0.666. The Morgan fingerprint density at radius 2 is 1.92 bits per heavy atom. The van der Waals surface area contributed by atoms with Gasteiger partial charge in [0.2, 0.25) is 0 Å². The summed E-state index contributed by atoms with van der Waals surface area (Å²) in [6.07, 6.45) is -1.32. The molecule has 0 amide bonds. The van der Waals surface area contributed by atoms with Gasteiger partial charge in [0, 0.05) is 30.7 Å². The van der Waals surface area contributed by atoms with Crippen molar-refractivity contribution in [3.8, 4) is 0 Å². The van der Waals surface area contributed by atoms with Gasteiger partial charge in [-0.2, -0.15) is 13.2 Å². The van der Waals surface area contributed by atoms with Crippen LogP contribution in [0.1, 0.15) is 31.7 Å². The first-order valence-corrected chi connectivity index (χ1v) is 8.44. The zero-order valence-electron chi connectivity index (χ0n) is 13.1. The molecular formula is C17H17F3O3S. The molecule has 7 heteroatoms. The molecule has 1 unspecified atom stereocenters. The number of ketones is 1. The maximum absolute atomic E-state index is 12.5. The fourth-order valence-corrected chi connectivity index (χ4v) is 3.50. The summed E-state index contributed by atoms with van der Waals surface area (Å²) < 4.78 is 42.5. The Labute approximate surface area is 142 Å². The summed E-state index contributed by atoms with van der Waals surface area (Å²) in [4.78, 5) is 23.4. The highest BCUT2D eigenvalue weighted by molar-refractivity contribution is 7.99. The van der Waals surface area contributed by atoms with Gasteiger partial charge in [-0.15, -0.1) is 11.8 Å². The molecule has 1 atom stereocenters. The number of carbonyl (C=O) groups excluding carboxylic acids is 2. The summed E-state index contributed by atoms with van der Waals surface area (Å²) in [5.74, 6) is 0.634. The van der Waals surface area contributed by atoms with Crippen molar-refractivity contribution < 1.29 is 27.5 Å². The van der Waals surface area contributed by atoms with Crippen LogP contribution in [-0.4, -0.2) is 17.5 Å². The summed E-state index contributed by atoms with van der Waals surface area (Å²) in [5, 5.41) is 0. The van der Waals surface area contributed by atoms with Crippen molar-refractivity contribution in [2.45, 2.75) is 37.3 Å². The van der Waals surface area contributed by atoms with Crippen molar-refractivity contribution in [1.82, 2.24) is 0 Å². The Bertz CT molecular complexity index is 635. The molecule has 1 aliphatic carbocycles. The number of hydrogen-bond donors (Lipinski definition) is 0. The van der Waals surface area contributed by atoms with Crippen LogP contribution < -0.4 is 0 Å². The first-order valence-electron chi connectivity index (χ1n) is 7.46. The molecule has 2 rings (SSSR count). The van der Waals surface area contributed by atoms with Crippen LogP contribution >= 0.6 is 11.8 Å². The van der Waals surface area contributed by atoms with Crippen LogP contribution in [0.5, 0.6) is 0 Å². The molecular weight excluding hydrogens is 341 g/mol. The zero-order chi connectivity index (χ0) is 17.7. The normalized spacial score (nSPS) is 18.2. The van der Waals surface area contributed by atoms with Crippen LogP contribution in [0.3, 0.4) is 0 Å². The highest BCUT2D eigenvalue weighted by atomic mass is 32.2. The molecule has 3 nitrogen and oxygen atoms in total. The molecule has 0 fully saturated rings. The predicted octanol–water partition coefficient (Wildman–Crippen LogP) is 4.61. The lowest BCUT2D eigenvalue weighted by Crippen LogP contribution is -2.17. The Morgan fingerprint density at radius 3 is 2.50 bits per heavy atom. The number of hydrogen-bond acceptors (Lipinski definition) is 4. The molecule has 1 aromatic carbocycles. The van der Waals surface area contributed by atoms with Crippen molar-refractivity contribution in [1.29, 1.82) is 0 Å². The first kappa shape index (κ1) is 18.6. The second kappa shape index (κ2) is 7.88. The molecule has 0 N–H and O–H groups in total. The van der Waals surface area contributed by atoms with E-state index in [1.54, 1.807) is 0 Å². The molecule has 0 bridgehead atoms. The molecule has 0 spiro atoms. The summed E-state index contributed by atoms with van der Waals surface area (Å²) >= 11 is 1.44. The van der Waals surface area contributed by atoms with E-state index in [1.807, 2.05) is 0 Å². The van der Waals surface area contributed by atoms with Gasteiger partial charge in [-0.1, -0.05) is 0 Å². The number of alkyl halides is 3. The number of benzene rings is 1. The van der Waals surface area contributed by atoms with Crippen LogP contribution in [0.4, 0.5) is 13.2 Å². The Balaban J connectivity index is 1.83. The number of allylic oxidation sites excluding steroid dienone is 2. The average molecular weight is 358 g/mol. The summed E-state index contributed by atoms with van der Waals surface area (Å²) in [6.45, 7) is 1.29. The van der Waals surface area contributed by atoms with Crippen molar-refractivity contribution in [2.75, 3.05) is 5.75 Å². The molecule has 0 radical (unpaired) electrons. The van der Waals surface area contributed by atoms with Crippen LogP contribution in [0.2, 0.25) is 0 Å². The second-order valence-corrected chi connectivity index (χ2v) is 6.77. The Hall–Kier alpha value is -1.76. The van der Waals surface area contributed by atoms with Crippen LogP contribution in [0.15, 0.2) is 41.0 Å². The standard InChI is InChI=1S/C17H17F3O3S/c1-11(21)23-15-9-12(8-14(22)10-15)6-7-24-16-4-2-13(3-5-16)17(18,19)20/h2-5,10,12H,6-9H2,1H3. The Kier molecular flexibility index (Phi) is 6.10. The van der Waals surface area contributed by atoms with Gasteiger partial charge in [-0.25, -0.2) is 0 Å². The molecule has 0 saturated carbocycles. The van der Waals surface area contributed by atoms with E-state index in [0.29, 0.717) is 24.4 Å². The Morgan fingerprint density at radius 1 is 1.25 bits per heavy atom. The molecule has 0 aromatic heterocycles. The van der Waals surface area contributed by atoms with Gasteiger partial charge < -0.3 is 4.74 Å². The molecule has 1 aromatic rings. The first-order chi connectivity index (χ1) is 11.2. The lowest BCUT2D eigenvalue weighted by Gasteiger charge is -2.21. The number of ether oxygens (including phenoxy) is 1. The van der Waals surface area contributed by atoms with E-state index in [4.69, 9.17) is 4.74 Å². The zero-order valence-corrected chi connectivity index (χ0v) is 13.9. The number of thioether (sulfide) groups is 1. The third kappa shape index (κ3) is 5.70. The molecule has 1 aliphatic rings. The van der Waals surface area contributed by atoms with Crippen LogP contribution in [0, 0.1) is 5.92 Å². The summed E-state index contributed by atoms with van der Waals surface area (Å²) in [7, 11) is 0. The van der Waals surface area contributed by atoms with Gasteiger partial charge in [-0.3, -0.25) is 9.59 Å². The van der Waals surface area contributed by atoms with Gasteiger partial charge in [0.25, 0.3) is 0 Å². The lowest BCUT2D eigenvalue weighted by atomic mass is 9.90. The van der Waals surface area contributed by atoms with Crippen molar-refractivity contribution >= 4 is 23.5 Å². The third-order valence-corrected chi connectivity index (χ3v) is 4.60. The van der Waals surface area contributed by atoms with E-state index < -0.39 is 17.7 Å². The van der Waals surface area contributed by atoms with Gasteiger partial charge in [0.1, 0.15) is 5.76 Å². The van der Waals surface area contributed by atoms with E-state index in [0.717, 1.165) is 23.4 Å². The highest BCUT2D eigenvalue weighted by Gasteiger charge is 2.30. The molecule has 0 aliphatic heterocycles. The number of rotatable bonds is 5. The van der Waals surface area contributed by atoms with Gasteiger partial charge in [-0.05, 0) is 42.4 Å². The van der Waals surface area contributed by atoms with Gasteiger partial charge >= 0.3 is 12.1 Å². The largest absolute Gasteiger partial charge is 0.431 e.